The van der Waals surface area contributed by atoms with Gasteiger partial charge in [-0.1, -0.05) is 13.8 Å². The van der Waals surface area contributed by atoms with Crippen molar-refractivity contribution < 1.29 is 32.7 Å². The largest absolute Gasteiger partial charge is 0.480 e. The Morgan fingerprint density at radius 3 is 2.38 bits per heavy atom. The quantitative estimate of drug-likeness (QED) is 0.553. The van der Waals surface area contributed by atoms with Crippen LogP contribution in [0.3, 0.4) is 0 Å². The van der Waals surface area contributed by atoms with Crippen LogP contribution in [0.5, 0.6) is 0 Å². The number of aliphatic carboxylic acids is 1. The molecular formula is C18H27N3O7S. The van der Waals surface area contributed by atoms with Gasteiger partial charge >= 0.3 is 5.97 Å². The van der Waals surface area contributed by atoms with Crippen molar-refractivity contribution in [3.63, 3.8) is 0 Å². The number of carboxylic acids is 1. The molecule has 29 heavy (non-hydrogen) atoms. The first-order valence-corrected chi connectivity index (χ1v) is 11.2. The molecule has 0 aromatic rings. The Labute approximate surface area is 169 Å². The molecule has 0 spiro atoms. The van der Waals surface area contributed by atoms with Crippen LogP contribution in [0, 0.1) is 5.92 Å². The molecule has 0 aromatic heterocycles. The zero-order valence-corrected chi connectivity index (χ0v) is 17.7. The molecule has 0 aliphatic carbocycles. The summed E-state index contributed by atoms with van der Waals surface area (Å²) >= 11 is 0. The van der Waals surface area contributed by atoms with Gasteiger partial charge in [0, 0.05) is 6.54 Å². The van der Waals surface area contributed by atoms with Crippen molar-refractivity contribution in [1.29, 1.82) is 0 Å². The van der Waals surface area contributed by atoms with Crippen molar-refractivity contribution >= 4 is 33.5 Å². The Morgan fingerprint density at radius 1 is 1.24 bits per heavy atom. The molecule has 3 aliphatic heterocycles. The number of nitrogens with one attached hydrogen (secondary N) is 1. The number of carboxylic acid groups (broad SMARTS) is 1. The van der Waals surface area contributed by atoms with E-state index < -0.39 is 61.8 Å². The zero-order valence-electron chi connectivity index (χ0n) is 16.9. The lowest BCUT2D eigenvalue weighted by Gasteiger charge is -2.38. The van der Waals surface area contributed by atoms with E-state index in [1.165, 1.54) is 18.7 Å². The van der Waals surface area contributed by atoms with Crippen LogP contribution in [0.4, 0.5) is 0 Å². The molecule has 3 saturated heterocycles. The molecule has 0 radical (unpaired) electrons. The lowest BCUT2D eigenvalue weighted by Crippen LogP contribution is -2.62. The summed E-state index contributed by atoms with van der Waals surface area (Å²) in [5, 5.41) is 10.9. The number of likely N-dealkylation sites (tertiary alicyclic amines) is 1. The van der Waals surface area contributed by atoms with Crippen LogP contribution >= 0.6 is 0 Å². The Morgan fingerprint density at radius 2 is 1.86 bits per heavy atom. The van der Waals surface area contributed by atoms with Crippen molar-refractivity contribution in [2.75, 3.05) is 6.54 Å². The highest BCUT2D eigenvalue weighted by atomic mass is 32.2. The first-order valence-electron chi connectivity index (χ1n) is 9.70. The molecule has 0 saturated carbocycles. The zero-order chi connectivity index (χ0) is 21.9. The number of nitrogens with zero attached hydrogens (tertiary/aromatic N) is 2. The maximum atomic E-state index is 13.1. The van der Waals surface area contributed by atoms with Crippen LogP contribution in [0.25, 0.3) is 0 Å². The lowest BCUT2D eigenvalue weighted by molar-refractivity contribution is -0.152. The maximum Gasteiger partial charge on any atom is 0.326 e. The molecular weight excluding hydrogens is 402 g/mol. The van der Waals surface area contributed by atoms with E-state index in [0.29, 0.717) is 12.8 Å². The minimum absolute atomic E-state index is 0.143. The minimum atomic E-state index is -3.73. The number of rotatable bonds is 5. The normalized spacial score (nSPS) is 30.7. The van der Waals surface area contributed by atoms with Crippen molar-refractivity contribution in [3.05, 3.63) is 0 Å². The fourth-order valence-electron chi connectivity index (χ4n) is 4.47. The van der Waals surface area contributed by atoms with Crippen molar-refractivity contribution in [1.82, 2.24) is 15.1 Å². The predicted octanol–water partition coefficient (Wildman–Crippen LogP) is -0.663. The molecule has 0 aromatic carbocycles. The highest BCUT2D eigenvalue weighted by Crippen LogP contribution is 2.45. The van der Waals surface area contributed by atoms with Gasteiger partial charge in [0.1, 0.15) is 23.5 Å². The van der Waals surface area contributed by atoms with Gasteiger partial charge in [0.05, 0.1) is 11.2 Å². The summed E-state index contributed by atoms with van der Waals surface area (Å²) in [4.78, 5) is 51.9. The number of hydrogen-bond donors (Lipinski definition) is 2. The highest BCUT2D eigenvalue weighted by molar-refractivity contribution is 7.93. The summed E-state index contributed by atoms with van der Waals surface area (Å²) < 4.78 is 23.9. The van der Waals surface area contributed by atoms with E-state index in [1.54, 1.807) is 13.8 Å². The van der Waals surface area contributed by atoms with Crippen molar-refractivity contribution in [3.8, 4) is 0 Å². The molecule has 3 amide bonds. The van der Waals surface area contributed by atoms with Gasteiger partial charge in [-0.25, -0.2) is 13.2 Å². The van der Waals surface area contributed by atoms with E-state index >= 15 is 0 Å². The van der Waals surface area contributed by atoms with E-state index in [0.717, 1.165) is 4.90 Å². The minimum Gasteiger partial charge on any atom is -0.480 e. The average molecular weight is 429 g/mol. The maximum absolute atomic E-state index is 13.1. The van der Waals surface area contributed by atoms with E-state index in [9.17, 15) is 32.7 Å². The van der Waals surface area contributed by atoms with Crippen LogP contribution in [-0.4, -0.2) is 81.8 Å². The number of sulfone groups is 1. The molecule has 3 aliphatic rings. The third-order valence-corrected chi connectivity index (χ3v) is 9.08. The SMILES string of the molecule is CC(C)C(NC(=O)C1N2C(=O)CC2S(=O)(=O)C1(C)C)C(=O)N1CCCC1C(=O)O. The number of fused-ring (bicyclic) bond motifs is 1. The molecule has 2 N–H and O–H groups in total. The summed E-state index contributed by atoms with van der Waals surface area (Å²) in [7, 11) is -3.73. The predicted molar refractivity (Wildman–Crippen MR) is 101 cm³/mol. The Kier molecular flexibility index (Phi) is 5.17. The molecule has 10 nitrogen and oxygen atoms in total. The number of β-lactam (4-membered cyclic amide) rings is 1. The second-order valence-electron chi connectivity index (χ2n) is 8.77. The number of carbonyl (C=O) groups is 4. The highest BCUT2D eigenvalue weighted by Gasteiger charge is 2.67. The molecule has 11 heteroatoms. The summed E-state index contributed by atoms with van der Waals surface area (Å²) in [6.07, 6.45) is 0.757. The fraction of sp³-hybridized carbons (Fsp3) is 0.778. The summed E-state index contributed by atoms with van der Waals surface area (Å²) in [6, 6.07) is -3.19. The van der Waals surface area contributed by atoms with E-state index in [-0.39, 0.29) is 18.9 Å². The summed E-state index contributed by atoms with van der Waals surface area (Å²) in [5.41, 5.74) is 0. The van der Waals surface area contributed by atoms with Crippen LogP contribution in [-0.2, 0) is 29.0 Å². The van der Waals surface area contributed by atoms with Gasteiger partial charge < -0.3 is 20.2 Å². The third-order valence-electron chi connectivity index (χ3n) is 6.28. The standard InChI is InChI=1S/C18H27N3O7S/c1-9(2)13(16(24)20-7-5-6-10(20)17(25)26)19-15(23)14-18(3,4)29(27,28)12-8-11(22)21(12)14/h9-10,12-14H,5-8H2,1-4H3,(H,19,23)(H,25,26). The average Bonchev–Trinajstić information content (AvgIpc) is 3.13. The van der Waals surface area contributed by atoms with Crippen LogP contribution in [0.1, 0.15) is 47.0 Å². The molecule has 162 valence electrons. The van der Waals surface area contributed by atoms with E-state index in [1.807, 2.05) is 0 Å². The van der Waals surface area contributed by atoms with Crippen LogP contribution < -0.4 is 5.32 Å². The van der Waals surface area contributed by atoms with Crippen LogP contribution in [0.15, 0.2) is 0 Å². The molecule has 4 unspecified atom stereocenters. The Hall–Kier alpha value is -2.17. The van der Waals surface area contributed by atoms with E-state index in [4.69, 9.17) is 0 Å². The first-order chi connectivity index (χ1) is 13.3. The van der Waals surface area contributed by atoms with E-state index in [2.05, 4.69) is 5.32 Å². The monoisotopic (exact) mass is 429 g/mol. The van der Waals surface area contributed by atoms with Gasteiger partial charge in [-0.2, -0.15) is 0 Å². The Bertz CT molecular complexity index is 867. The van der Waals surface area contributed by atoms with Crippen molar-refractivity contribution in [2.45, 2.75) is 75.2 Å². The third kappa shape index (κ3) is 3.10. The van der Waals surface area contributed by atoms with Gasteiger partial charge in [0.15, 0.2) is 9.84 Å². The number of amides is 3. The second kappa shape index (κ2) is 6.96. The van der Waals surface area contributed by atoms with Gasteiger partial charge in [-0.3, -0.25) is 14.4 Å². The molecule has 3 rings (SSSR count). The van der Waals surface area contributed by atoms with Crippen molar-refractivity contribution in [2.24, 2.45) is 5.92 Å². The van der Waals surface area contributed by atoms with Crippen LogP contribution in [0.2, 0.25) is 0 Å². The summed E-state index contributed by atoms with van der Waals surface area (Å²) in [6.45, 7) is 6.52. The fourth-order valence-corrected chi connectivity index (χ4v) is 6.60. The Balaban J connectivity index is 1.84. The van der Waals surface area contributed by atoms with Gasteiger partial charge in [0.25, 0.3) is 0 Å². The number of hydrogen-bond acceptors (Lipinski definition) is 6. The second-order valence-corrected chi connectivity index (χ2v) is 11.5. The molecule has 0 bridgehead atoms. The molecule has 3 heterocycles. The van der Waals surface area contributed by atoms with Gasteiger partial charge in [-0.05, 0) is 32.6 Å². The number of carbonyl (C=O) groups excluding carboxylic acids is 3. The topological polar surface area (TPSA) is 141 Å². The summed E-state index contributed by atoms with van der Waals surface area (Å²) in [5.74, 6) is -3.09. The molecule has 4 atom stereocenters. The first kappa shape index (κ1) is 21.5. The lowest BCUT2D eigenvalue weighted by atomic mass is 9.95. The van der Waals surface area contributed by atoms with Gasteiger partial charge in [0.2, 0.25) is 17.7 Å². The smallest absolute Gasteiger partial charge is 0.326 e. The molecule has 3 fully saturated rings. The van der Waals surface area contributed by atoms with Gasteiger partial charge in [-0.15, -0.1) is 0 Å².